The lowest BCUT2D eigenvalue weighted by Crippen LogP contribution is -2.54. The Morgan fingerprint density at radius 2 is 1.68 bits per heavy atom. The van der Waals surface area contributed by atoms with Gasteiger partial charge in [-0.15, -0.1) is 0 Å². The standard InChI is InChI=1S/C32H38N4O7S/c1-3-30(32(38)33-25-12-6-4-7-13-25)34(22-24-11-10-14-28(21-24)43-2)31(37)23-35(26-17-19-27(20-18-26)36(39)40)44(41,42)29-15-8-5-9-16-29/h5,8-11,14-21,25,30H,3-4,6-7,12-13,22-23H2,1-2H3,(H,33,38). The highest BCUT2D eigenvalue weighted by atomic mass is 32.2. The fourth-order valence-electron chi connectivity index (χ4n) is 5.42. The predicted octanol–water partition coefficient (Wildman–Crippen LogP) is 5.06. The van der Waals surface area contributed by atoms with E-state index < -0.39 is 33.4 Å². The van der Waals surface area contributed by atoms with Crippen molar-refractivity contribution in [2.75, 3.05) is 18.0 Å². The molecule has 0 aromatic heterocycles. The van der Waals surface area contributed by atoms with Crippen molar-refractivity contribution < 1.29 is 27.7 Å². The topological polar surface area (TPSA) is 139 Å². The number of nitrogens with one attached hydrogen (secondary N) is 1. The average Bonchev–Trinajstić information content (AvgIpc) is 3.04. The maximum Gasteiger partial charge on any atom is 0.269 e. The molecule has 1 fully saturated rings. The number of carbonyl (C=O) groups is 2. The molecule has 12 heteroatoms. The number of nitro benzene ring substituents is 1. The van der Waals surface area contributed by atoms with Gasteiger partial charge in [-0.1, -0.05) is 56.5 Å². The minimum Gasteiger partial charge on any atom is -0.497 e. The molecule has 0 aliphatic heterocycles. The van der Waals surface area contributed by atoms with Crippen LogP contribution in [-0.4, -0.2) is 55.8 Å². The van der Waals surface area contributed by atoms with Gasteiger partial charge in [0, 0.05) is 24.7 Å². The van der Waals surface area contributed by atoms with Gasteiger partial charge in [-0.3, -0.25) is 24.0 Å². The minimum atomic E-state index is -4.28. The van der Waals surface area contributed by atoms with Crippen molar-refractivity contribution in [1.82, 2.24) is 10.2 Å². The van der Waals surface area contributed by atoms with Crippen LogP contribution in [0.3, 0.4) is 0 Å². The van der Waals surface area contributed by atoms with Crippen molar-refractivity contribution in [2.45, 2.75) is 69.0 Å². The molecule has 11 nitrogen and oxygen atoms in total. The van der Waals surface area contributed by atoms with Gasteiger partial charge in [0.2, 0.25) is 11.8 Å². The number of non-ortho nitro benzene ring substituents is 1. The van der Waals surface area contributed by atoms with Crippen LogP contribution >= 0.6 is 0 Å². The molecule has 3 aromatic rings. The van der Waals surface area contributed by atoms with E-state index in [1.807, 2.05) is 13.0 Å². The Balaban J connectivity index is 1.72. The van der Waals surface area contributed by atoms with E-state index in [0.717, 1.165) is 36.4 Å². The number of methoxy groups -OCH3 is 1. The van der Waals surface area contributed by atoms with E-state index in [4.69, 9.17) is 4.74 Å². The van der Waals surface area contributed by atoms with Crippen LogP contribution in [0, 0.1) is 10.1 Å². The lowest BCUT2D eigenvalue weighted by atomic mass is 9.95. The molecule has 1 aliphatic rings. The summed E-state index contributed by atoms with van der Waals surface area (Å²) in [5.41, 5.74) is 0.561. The first-order valence-electron chi connectivity index (χ1n) is 14.7. The monoisotopic (exact) mass is 622 g/mol. The van der Waals surface area contributed by atoms with Crippen molar-refractivity contribution in [3.8, 4) is 5.75 Å². The minimum absolute atomic E-state index is 0.0223. The molecule has 0 bridgehead atoms. The lowest BCUT2D eigenvalue weighted by molar-refractivity contribution is -0.384. The molecule has 2 amide bonds. The molecule has 0 heterocycles. The van der Waals surface area contributed by atoms with E-state index in [9.17, 15) is 28.1 Å². The highest BCUT2D eigenvalue weighted by Gasteiger charge is 2.34. The third-order valence-corrected chi connectivity index (χ3v) is 9.57. The SMILES string of the molecule is CCC(C(=O)NC1CCCCC1)N(Cc1cccc(OC)c1)C(=O)CN(c1ccc([N+](=O)[O-])cc1)S(=O)(=O)c1ccccc1. The Bertz CT molecular complexity index is 1540. The summed E-state index contributed by atoms with van der Waals surface area (Å²) in [5, 5.41) is 14.4. The number of ether oxygens (including phenoxy) is 1. The first-order chi connectivity index (χ1) is 21.1. The Hall–Kier alpha value is -4.45. The molecule has 1 N–H and O–H groups in total. The molecule has 1 atom stereocenters. The number of nitro groups is 1. The van der Waals surface area contributed by atoms with Gasteiger partial charge in [0.15, 0.2) is 0 Å². The maximum absolute atomic E-state index is 14.2. The maximum atomic E-state index is 14.2. The molecule has 1 unspecified atom stereocenters. The normalized spacial score (nSPS) is 14.3. The van der Waals surface area contributed by atoms with Crippen LogP contribution in [0.1, 0.15) is 51.0 Å². The second kappa shape index (κ2) is 14.8. The van der Waals surface area contributed by atoms with Gasteiger partial charge in [-0.25, -0.2) is 8.42 Å². The van der Waals surface area contributed by atoms with E-state index in [-0.39, 0.29) is 34.8 Å². The van der Waals surface area contributed by atoms with Crippen LogP contribution < -0.4 is 14.4 Å². The molecule has 1 saturated carbocycles. The molecule has 1 aliphatic carbocycles. The van der Waals surface area contributed by atoms with E-state index in [1.165, 1.54) is 48.4 Å². The highest BCUT2D eigenvalue weighted by Crippen LogP contribution is 2.27. The van der Waals surface area contributed by atoms with Gasteiger partial charge in [-0.05, 0) is 61.2 Å². The number of carbonyl (C=O) groups excluding carboxylic acids is 2. The summed E-state index contributed by atoms with van der Waals surface area (Å²) in [4.78, 5) is 39.9. The Labute approximate surface area is 258 Å². The van der Waals surface area contributed by atoms with Gasteiger partial charge in [0.25, 0.3) is 15.7 Å². The average molecular weight is 623 g/mol. The number of hydrogen-bond donors (Lipinski definition) is 1. The molecule has 0 spiro atoms. The largest absolute Gasteiger partial charge is 0.497 e. The molecule has 0 saturated heterocycles. The van der Waals surface area contributed by atoms with Crippen LogP contribution in [0.2, 0.25) is 0 Å². The van der Waals surface area contributed by atoms with E-state index in [1.54, 1.807) is 36.4 Å². The van der Waals surface area contributed by atoms with Crippen LogP contribution in [0.15, 0.2) is 83.8 Å². The number of nitrogens with zero attached hydrogens (tertiary/aromatic N) is 3. The number of hydrogen-bond acceptors (Lipinski definition) is 7. The summed E-state index contributed by atoms with van der Waals surface area (Å²) >= 11 is 0. The van der Waals surface area contributed by atoms with Crippen LogP contribution in [0.5, 0.6) is 5.75 Å². The number of benzene rings is 3. The zero-order chi connectivity index (χ0) is 31.7. The van der Waals surface area contributed by atoms with Gasteiger partial charge in [0.1, 0.15) is 18.3 Å². The van der Waals surface area contributed by atoms with Crippen molar-refractivity contribution in [2.24, 2.45) is 0 Å². The fraction of sp³-hybridized carbons (Fsp3) is 0.375. The third kappa shape index (κ3) is 7.93. The van der Waals surface area contributed by atoms with Crippen molar-refractivity contribution in [1.29, 1.82) is 0 Å². The molecule has 0 radical (unpaired) electrons. The summed E-state index contributed by atoms with van der Waals surface area (Å²) in [6.07, 6.45) is 5.21. The number of sulfonamides is 1. The van der Waals surface area contributed by atoms with Crippen LogP contribution in [-0.2, 0) is 26.2 Å². The summed E-state index contributed by atoms with van der Waals surface area (Å²) < 4.78 is 34.1. The number of rotatable bonds is 13. The van der Waals surface area contributed by atoms with Crippen molar-refractivity contribution in [3.05, 3.63) is 94.5 Å². The second-order valence-electron chi connectivity index (χ2n) is 10.7. The van der Waals surface area contributed by atoms with E-state index >= 15 is 0 Å². The fourth-order valence-corrected chi connectivity index (χ4v) is 6.86. The second-order valence-corrected chi connectivity index (χ2v) is 12.6. The zero-order valence-corrected chi connectivity index (χ0v) is 25.7. The van der Waals surface area contributed by atoms with E-state index in [2.05, 4.69) is 5.32 Å². The summed E-state index contributed by atoms with van der Waals surface area (Å²) in [6, 6.07) is 18.9. The summed E-state index contributed by atoms with van der Waals surface area (Å²) in [7, 11) is -2.75. The summed E-state index contributed by atoms with van der Waals surface area (Å²) in [6.45, 7) is 1.21. The van der Waals surface area contributed by atoms with Gasteiger partial charge in [-0.2, -0.15) is 0 Å². The Morgan fingerprint density at radius 3 is 2.30 bits per heavy atom. The molecule has 234 valence electrons. The first-order valence-corrected chi connectivity index (χ1v) is 16.1. The van der Waals surface area contributed by atoms with Gasteiger partial charge in [0.05, 0.1) is 22.6 Å². The highest BCUT2D eigenvalue weighted by molar-refractivity contribution is 7.92. The molecular formula is C32H38N4O7S. The van der Waals surface area contributed by atoms with E-state index in [0.29, 0.717) is 17.7 Å². The third-order valence-electron chi connectivity index (χ3n) is 7.78. The number of anilines is 1. The quantitative estimate of drug-likeness (QED) is 0.208. The Kier molecular flexibility index (Phi) is 10.9. The molecule has 44 heavy (non-hydrogen) atoms. The molecule has 4 rings (SSSR count). The van der Waals surface area contributed by atoms with Crippen LogP contribution in [0.4, 0.5) is 11.4 Å². The van der Waals surface area contributed by atoms with Crippen LogP contribution in [0.25, 0.3) is 0 Å². The smallest absolute Gasteiger partial charge is 0.269 e. The lowest BCUT2D eigenvalue weighted by Gasteiger charge is -2.34. The van der Waals surface area contributed by atoms with Gasteiger partial charge < -0.3 is 15.0 Å². The molecule has 3 aromatic carbocycles. The summed E-state index contributed by atoms with van der Waals surface area (Å²) in [5.74, 6) is -0.312. The Morgan fingerprint density at radius 1 is 1.00 bits per heavy atom. The predicted molar refractivity (Wildman–Crippen MR) is 167 cm³/mol. The first kappa shape index (κ1) is 32.5. The van der Waals surface area contributed by atoms with Crippen molar-refractivity contribution >= 4 is 33.2 Å². The number of amides is 2. The zero-order valence-electron chi connectivity index (χ0n) is 24.9. The van der Waals surface area contributed by atoms with Crippen molar-refractivity contribution in [3.63, 3.8) is 0 Å². The molecular weight excluding hydrogens is 584 g/mol. The van der Waals surface area contributed by atoms with Gasteiger partial charge >= 0.3 is 0 Å².